The van der Waals surface area contributed by atoms with Crippen molar-refractivity contribution in [3.63, 3.8) is 0 Å². The molecule has 0 saturated heterocycles. The van der Waals surface area contributed by atoms with Crippen LogP contribution in [-0.4, -0.2) is 16.0 Å². The molecule has 0 radical (unpaired) electrons. The van der Waals surface area contributed by atoms with Gasteiger partial charge in [-0.1, -0.05) is 35.5 Å². The summed E-state index contributed by atoms with van der Waals surface area (Å²) < 4.78 is 83.3. The summed E-state index contributed by atoms with van der Waals surface area (Å²) in [6.45, 7) is -0.530. The van der Waals surface area contributed by atoms with E-state index in [0.717, 1.165) is 5.56 Å². The van der Waals surface area contributed by atoms with Crippen molar-refractivity contribution in [3.8, 4) is 22.8 Å². The van der Waals surface area contributed by atoms with E-state index < -0.39 is 35.9 Å². The number of benzene rings is 3. The molecule has 180 valence electrons. The number of rotatable bonds is 5. The second-order valence-corrected chi connectivity index (χ2v) is 7.46. The van der Waals surface area contributed by atoms with Crippen LogP contribution in [-0.2, 0) is 18.9 Å². The van der Waals surface area contributed by atoms with E-state index in [9.17, 15) is 31.1 Å². The van der Waals surface area contributed by atoms with Crippen LogP contribution >= 0.6 is 0 Å². The van der Waals surface area contributed by atoms with Crippen LogP contribution in [0, 0.1) is 0 Å². The average Bonchev–Trinajstić information content (AvgIpc) is 3.32. The standard InChI is InChI=1S/C24H15F6N3O2/c25-23(26,27)18-10-14(11-19(12-18)24(28,29)30)13-31-21(34)16-6-8-17(9-7-16)22-32-20(33-35-22)15-4-2-1-3-5-15/h1-12H,13H2,(H,31,34). The molecule has 0 saturated carbocycles. The SMILES string of the molecule is O=C(NCc1cc(C(F)(F)F)cc(C(F)(F)F)c1)c1ccc(-c2nc(-c3ccccc3)no2)cc1. The monoisotopic (exact) mass is 491 g/mol. The molecule has 0 fully saturated rings. The first-order valence-electron chi connectivity index (χ1n) is 10.1. The molecule has 0 aliphatic heterocycles. The maximum atomic E-state index is 13.0. The van der Waals surface area contributed by atoms with Crippen molar-refractivity contribution in [2.24, 2.45) is 0 Å². The van der Waals surface area contributed by atoms with Gasteiger partial charge in [0, 0.05) is 23.2 Å². The Morgan fingerprint density at radius 3 is 1.97 bits per heavy atom. The van der Waals surface area contributed by atoms with Gasteiger partial charge in [0.1, 0.15) is 0 Å². The fourth-order valence-electron chi connectivity index (χ4n) is 3.22. The predicted molar refractivity (Wildman–Crippen MR) is 113 cm³/mol. The van der Waals surface area contributed by atoms with E-state index in [1.54, 1.807) is 0 Å². The predicted octanol–water partition coefficient (Wildman–Crippen LogP) is 6.37. The van der Waals surface area contributed by atoms with Crippen molar-refractivity contribution in [2.75, 3.05) is 0 Å². The number of alkyl halides is 6. The third-order valence-corrected chi connectivity index (χ3v) is 4.95. The number of carbonyl (C=O) groups is 1. The molecule has 0 spiro atoms. The molecule has 1 heterocycles. The second kappa shape index (κ2) is 9.24. The summed E-state index contributed by atoms with van der Waals surface area (Å²) in [7, 11) is 0. The number of amides is 1. The quantitative estimate of drug-likeness (QED) is 0.330. The summed E-state index contributed by atoms with van der Waals surface area (Å²) in [6.07, 6.45) is -9.93. The van der Waals surface area contributed by atoms with Gasteiger partial charge in [-0.2, -0.15) is 31.3 Å². The van der Waals surface area contributed by atoms with Gasteiger partial charge >= 0.3 is 12.4 Å². The Kier molecular flexibility index (Phi) is 6.33. The molecular weight excluding hydrogens is 476 g/mol. The minimum absolute atomic E-state index is 0.0325. The Bertz CT molecular complexity index is 1300. The molecule has 1 N–H and O–H groups in total. The summed E-state index contributed by atoms with van der Waals surface area (Å²) in [4.78, 5) is 16.7. The molecule has 4 aromatic rings. The normalized spacial score (nSPS) is 11.9. The fourth-order valence-corrected chi connectivity index (χ4v) is 3.22. The zero-order chi connectivity index (χ0) is 25.2. The van der Waals surface area contributed by atoms with Gasteiger partial charge < -0.3 is 9.84 Å². The van der Waals surface area contributed by atoms with Gasteiger partial charge in [0.05, 0.1) is 11.1 Å². The van der Waals surface area contributed by atoms with Crippen molar-refractivity contribution in [1.29, 1.82) is 0 Å². The van der Waals surface area contributed by atoms with E-state index in [-0.39, 0.29) is 23.1 Å². The van der Waals surface area contributed by atoms with Crippen molar-refractivity contribution in [2.45, 2.75) is 18.9 Å². The van der Waals surface area contributed by atoms with E-state index in [2.05, 4.69) is 15.5 Å². The number of nitrogens with zero attached hydrogens (tertiary/aromatic N) is 2. The molecular formula is C24H15F6N3O2. The third-order valence-electron chi connectivity index (χ3n) is 4.95. The van der Waals surface area contributed by atoms with Gasteiger partial charge in [-0.25, -0.2) is 0 Å². The maximum Gasteiger partial charge on any atom is 0.416 e. The van der Waals surface area contributed by atoms with Gasteiger partial charge in [0.2, 0.25) is 5.82 Å². The minimum Gasteiger partial charge on any atom is -0.348 e. The van der Waals surface area contributed by atoms with Crippen LogP contribution in [0.1, 0.15) is 27.0 Å². The molecule has 1 amide bonds. The summed E-state index contributed by atoms with van der Waals surface area (Å²) in [5, 5.41) is 6.24. The zero-order valence-electron chi connectivity index (χ0n) is 17.6. The molecule has 0 aliphatic rings. The molecule has 5 nitrogen and oxygen atoms in total. The number of hydrogen-bond donors (Lipinski definition) is 1. The lowest BCUT2D eigenvalue weighted by Crippen LogP contribution is -2.23. The first-order valence-corrected chi connectivity index (χ1v) is 10.1. The first kappa shape index (κ1) is 24.0. The lowest BCUT2D eigenvalue weighted by molar-refractivity contribution is -0.143. The van der Waals surface area contributed by atoms with Crippen molar-refractivity contribution >= 4 is 5.91 Å². The van der Waals surface area contributed by atoms with Gasteiger partial charge in [-0.15, -0.1) is 0 Å². The van der Waals surface area contributed by atoms with Gasteiger partial charge in [-0.3, -0.25) is 4.79 Å². The summed E-state index contributed by atoms with van der Waals surface area (Å²) in [5.74, 6) is -0.0980. The topological polar surface area (TPSA) is 68.0 Å². The molecule has 0 aliphatic carbocycles. The highest BCUT2D eigenvalue weighted by atomic mass is 19.4. The highest BCUT2D eigenvalue weighted by Gasteiger charge is 2.36. The van der Waals surface area contributed by atoms with Crippen molar-refractivity contribution in [1.82, 2.24) is 15.5 Å². The Balaban J connectivity index is 1.46. The molecule has 0 bridgehead atoms. The smallest absolute Gasteiger partial charge is 0.348 e. The van der Waals surface area contributed by atoms with Gasteiger partial charge in [0.15, 0.2) is 0 Å². The van der Waals surface area contributed by atoms with Gasteiger partial charge in [-0.05, 0) is 48.0 Å². The summed E-state index contributed by atoms with van der Waals surface area (Å²) in [5.41, 5.74) is -1.83. The number of nitrogens with one attached hydrogen (secondary N) is 1. The third kappa shape index (κ3) is 5.68. The first-order chi connectivity index (χ1) is 16.5. The van der Waals surface area contributed by atoms with E-state index in [1.165, 1.54) is 24.3 Å². The van der Waals surface area contributed by atoms with E-state index in [4.69, 9.17) is 4.52 Å². The molecule has 1 aromatic heterocycles. The fraction of sp³-hybridized carbons (Fsp3) is 0.125. The van der Waals surface area contributed by atoms with Crippen molar-refractivity contribution in [3.05, 3.63) is 95.1 Å². The van der Waals surface area contributed by atoms with Crippen LogP contribution in [0.25, 0.3) is 22.8 Å². The van der Waals surface area contributed by atoms with E-state index >= 15 is 0 Å². The largest absolute Gasteiger partial charge is 0.416 e. The molecule has 35 heavy (non-hydrogen) atoms. The molecule has 11 heteroatoms. The lowest BCUT2D eigenvalue weighted by Gasteiger charge is -2.14. The van der Waals surface area contributed by atoms with Crippen LogP contribution in [0.15, 0.2) is 77.3 Å². The highest BCUT2D eigenvalue weighted by Crippen LogP contribution is 2.36. The van der Waals surface area contributed by atoms with Crippen LogP contribution in [0.5, 0.6) is 0 Å². The Morgan fingerprint density at radius 2 is 1.40 bits per heavy atom. The second-order valence-electron chi connectivity index (χ2n) is 7.46. The highest BCUT2D eigenvalue weighted by molar-refractivity contribution is 5.94. The number of carbonyl (C=O) groups excluding carboxylic acids is 1. The maximum absolute atomic E-state index is 13.0. The molecule has 0 atom stereocenters. The molecule has 3 aromatic carbocycles. The molecule has 4 rings (SSSR count). The van der Waals surface area contributed by atoms with Crippen LogP contribution < -0.4 is 5.32 Å². The van der Waals surface area contributed by atoms with Gasteiger partial charge in [0.25, 0.3) is 11.8 Å². The lowest BCUT2D eigenvalue weighted by atomic mass is 10.0. The van der Waals surface area contributed by atoms with Crippen LogP contribution in [0.3, 0.4) is 0 Å². The number of hydrogen-bond acceptors (Lipinski definition) is 4. The summed E-state index contributed by atoms with van der Waals surface area (Å²) >= 11 is 0. The Hall–Kier alpha value is -4.15. The van der Waals surface area contributed by atoms with E-state index in [1.807, 2.05) is 30.3 Å². The van der Waals surface area contributed by atoms with Crippen LogP contribution in [0.4, 0.5) is 26.3 Å². The Morgan fingerprint density at radius 1 is 0.800 bits per heavy atom. The number of aromatic nitrogens is 2. The zero-order valence-corrected chi connectivity index (χ0v) is 17.6. The minimum atomic E-state index is -4.97. The van der Waals surface area contributed by atoms with Crippen molar-refractivity contribution < 1.29 is 35.7 Å². The average molecular weight is 491 g/mol. The summed E-state index contributed by atoms with van der Waals surface area (Å²) in [6, 6.07) is 16.2. The Labute approximate surface area is 194 Å². The van der Waals surface area contributed by atoms with Crippen LogP contribution in [0.2, 0.25) is 0 Å². The molecule has 0 unspecified atom stereocenters. The number of halogens is 6. The van der Waals surface area contributed by atoms with E-state index in [0.29, 0.717) is 23.5 Å².